The van der Waals surface area contributed by atoms with Crippen molar-refractivity contribution in [1.82, 2.24) is 9.78 Å². The highest BCUT2D eigenvalue weighted by molar-refractivity contribution is 6.31. The van der Waals surface area contributed by atoms with Crippen molar-refractivity contribution in [3.8, 4) is 0 Å². The number of nitrogens with zero attached hydrogens (tertiary/aromatic N) is 2. The highest BCUT2D eigenvalue weighted by Gasteiger charge is 2.11. The molecular weight excluding hydrogens is 262 g/mol. The lowest BCUT2D eigenvalue weighted by atomic mass is 10.2. The van der Waals surface area contributed by atoms with Gasteiger partial charge in [-0.2, -0.15) is 5.10 Å². The topological polar surface area (TPSA) is 46.9 Å². The van der Waals surface area contributed by atoms with Gasteiger partial charge in [0.25, 0.3) is 0 Å². The Balaban J connectivity index is 2.16. The van der Waals surface area contributed by atoms with Crippen molar-refractivity contribution in [3.63, 3.8) is 0 Å². The molecule has 0 spiro atoms. The summed E-state index contributed by atoms with van der Waals surface area (Å²) in [7, 11) is 0. The fourth-order valence-corrected chi connectivity index (χ4v) is 1.82. The first-order valence-corrected chi connectivity index (χ1v) is 6.52. The SMILES string of the molecule is CC(C)C(=O)Nc1ccnn1Cc1ccccc1Cl. The molecule has 0 atom stereocenters. The predicted molar refractivity (Wildman–Crippen MR) is 76.2 cm³/mol. The van der Waals surface area contributed by atoms with Crippen LogP contribution in [0.4, 0.5) is 5.82 Å². The second-order valence-electron chi connectivity index (χ2n) is 4.61. The second kappa shape index (κ2) is 5.89. The summed E-state index contributed by atoms with van der Waals surface area (Å²) in [6, 6.07) is 9.37. The molecule has 1 N–H and O–H groups in total. The van der Waals surface area contributed by atoms with Gasteiger partial charge in [-0.25, -0.2) is 4.68 Å². The molecule has 0 saturated heterocycles. The molecule has 0 aliphatic rings. The molecule has 4 nitrogen and oxygen atoms in total. The van der Waals surface area contributed by atoms with Crippen molar-refractivity contribution in [2.24, 2.45) is 5.92 Å². The van der Waals surface area contributed by atoms with E-state index >= 15 is 0 Å². The summed E-state index contributed by atoms with van der Waals surface area (Å²) >= 11 is 6.12. The van der Waals surface area contributed by atoms with Crippen LogP contribution in [0.5, 0.6) is 0 Å². The van der Waals surface area contributed by atoms with Crippen LogP contribution >= 0.6 is 11.6 Å². The van der Waals surface area contributed by atoms with Crippen LogP contribution in [-0.4, -0.2) is 15.7 Å². The van der Waals surface area contributed by atoms with Gasteiger partial charge in [-0.1, -0.05) is 43.6 Å². The van der Waals surface area contributed by atoms with Gasteiger partial charge >= 0.3 is 0 Å². The summed E-state index contributed by atoms with van der Waals surface area (Å²) in [6.07, 6.45) is 1.66. The summed E-state index contributed by atoms with van der Waals surface area (Å²) in [5.74, 6) is 0.586. The zero-order valence-corrected chi connectivity index (χ0v) is 11.7. The van der Waals surface area contributed by atoms with Crippen LogP contribution in [0.15, 0.2) is 36.5 Å². The highest BCUT2D eigenvalue weighted by Crippen LogP contribution is 2.18. The normalized spacial score (nSPS) is 10.7. The summed E-state index contributed by atoms with van der Waals surface area (Å²) in [5.41, 5.74) is 0.966. The Morgan fingerprint density at radius 2 is 2.11 bits per heavy atom. The van der Waals surface area contributed by atoms with E-state index in [1.807, 2.05) is 38.1 Å². The molecule has 5 heteroatoms. The largest absolute Gasteiger partial charge is 0.311 e. The third-order valence-corrected chi connectivity index (χ3v) is 3.14. The fraction of sp³-hybridized carbons (Fsp3) is 0.286. The fourth-order valence-electron chi connectivity index (χ4n) is 1.62. The Morgan fingerprint density at radius 3 is 2.79 bits per heavy atom. The van der Waals surface area contributed by atoms with Crippen LogP contribution in [0.2, 0.25) is 5.02 Å². The number of carbonyl (C=O) groups is 1. The molecule has 0 unspecified atom stereocenters. The Morgan fingerprint density at radius 1 is 1.37 bits per heavy atom. The van der Waals surface area contributed by atoms with Crippen LogP contribution < -0.4 is 5.32 Å². The van der Waals surface area contributed by atoms with E-state index in [4.69, 9.17) is 11.6 Å². The molecule has 0 bridgehead atoms. The smallest absolute Gasteiger partial charge is 0.228 e. The molecule has 100 valence electrons. The summed E-state index contributed by atoms with van der Waals surface area (Å²) in [5, 5.41) is 7.75. The van der Waals surface area contributed by atoms with Gasteiger partial charge in [-0.05, 0) is 11.6 Å². The van der Waals surface area contributed by atoms with Crippen LogP contribution in [-0.2, 0) is 11.3 Å². The average molecular weight is 278 g/mol. The maximum Gasteiger partial charge on any atom is 0.228 e. The molecule has 1 heterocycles. The average Bonchev–Trinajstić information content (AvgIpc) is 2.79. The summed E-state index contributed by atoms with van der Waals surface area (Å²) < 4.78 is 1.72. The van der Waals surface area contributed by atoms with Crippen LogP contribution in [0, 0.1) is 5.92 Å². The Kier molecular flexibility index (Phi) is 4.22. The Hall–Kier alpha value is -1.81. The van der Waals surface area contributed by atoms with Crippen molar-refractivity contribution in [2.45, 2.75) is 20.4 Å². The van der Waals surface area contributed by atoms with Gasteiger partial charge in [0.1, 0.15) is 5.82 Å². The quantitative estimate of drug-likeness (QED) is 0.933. The third kappa shape index (κ3) is 3.35. The molecule has 0 saturated carbocycles. The van der Waals surface area contributed by atoms with E-state index in [2.05, 4.69) is 10.4 Å². The van der Waals surface area contributed by atoms with E-state index < -0.39 is 0 Å². The molecule has 0 aliphatic carbocycles. The number of hydrogen-bond acceptors (Lipinski definition) is 2. The van der Waals surface area contributed by atoms with Gasteiger partial charge in [-0.15, -0.1) is 0 Å². The molecule has 0 aliphatic heterocycles. The van der Waals surface area contributed by atoms with Crippen molar-refractivity contribution in [2.75, 3.05) is 5.32 Å². The molecule has 2 rings (SSSR count). The van der Waals surface area contributed by atoms with Crippen LogP contribution in [0.25, 0.3) is 0 Å². The lowest BCUT2D eigenvalue weighted by molar-refractivity contribution is -0.118. The van der Waals surface area contributed by atoms with Crippen molar-refractivity contribution in [1.29, 1.82) is 0 Å². The number of anilines is 1. The van der Waals surface area contributed by atoms with Crippen LogP contribution in [0.3, 0.4) is 0 Å². The van der Waals surface area contributed by atoms with E-state index in [1.165, 1.54) is 0 Å². The van der Waals surface area contributed by atoms with Gasteiger partial charge in [0, 0.05) is 17.0 Å². The summed E-state index contributed by atoms with van der Waals surface area (Å²) in [6.45, 7) is 4.23. The standard InChI is InChI=1S/C14H16ClN3O/c1-10(2)14(19)17-13-7-8-16-18(13)9-11-5-3-4-6-12(11)15/h3-8,10H,9H2,1-2H3,(H,17,19). The van der Waals surface area contributed by atoms with Crippen LogP contribution in [0.1, 0.15) is 19.4 Å². The lowest BCUT2D eigenvalue weighted by Crippen LogP contribution is -2.20. The first-order valence-electron chi connectivity index (χ1n) is 6.14. The molecule has 1 aromatic carbocycles. The van der Waals surface area contributed by atoms with Gasteiger partial charge in [0.2, 0.25) is 5.91 Å². The maximum absolute atomic E-state index is 11.7. The molecule has 1 aromatic heterocycles. The minimum absolute atomic E-state index is 0.0269. The minimum atomic E-state index is -0.0661. The first-order chi connectivity index (χ1) is 9.08. The molecule has 19 heavy (non-hydrogen) atoms. The predicted octanol–water partition coefficient (Wildman–Crippen LogP) is 3.18. The van der Waals surface area contributed by atoms with Gasteiger partial charge < -0.3 is 5.32 Å². The first kappa shape index (κ1) is 13.6. The minimum Gasteiger partial charge on any atom is -0.311 e. The lowest BCUT2D eigenvalue weighted by Gasteiger charge is -2.11. The van der Waals surface area contributed by atoms with E-state index in [0.29, 0.717) is 17.4 Å². The number of carbonyl (C=O) groups excluding carboxylic acids is 1. The maximum atomic E-state index is 11.7. The molecule has 1 amide bonds. The van der Waals surface area contributed by atoms with E-state index in [0.717, 1.165) is 5.56 Å². The van der Waals surface area contributed by atoms with Gasteiger partial charge in [-0.3, -0.25) is 4.79 Å². The number of hydrogen-bond donors (Lipinski definition) is 1. The van der Waals surface area contributed by atoms with Crippen molar-refractivity contribution < 1.29 is 4.79 Å². The van der Waals surface area contributed by atoms with Gasteiger partial charge in [0.05, 0.1) is 12.7 Å². The second-order valence-corrected chi connectivity index (χ2v) is 5.02. The van der Waals surface area contributed by atoms with Gasteiger partial charge in [0.15, 0.2) is 0 Å². The molecule has 2 aromatic rings. The Labute approximate surface area is 117 Å². The van der Waals surface area contributed by atoms with E-state index in [1.54, 1.807) is 16.9 Å². The highest BCUT2D eigenvalue weighted by atomic mass is 35.5. The van der Waals surface area contributed by atoms with Crippen molar-refractivity contribution >= 4 is 23.3 Å². The summed E-state index contributed by atoms with van der Waals surface area (Å²) in [4.78, 5) is 11.7. The number of halogens is 1. The zero-order valence-electron chi connectivity index (χ0n) is 10.9. The molecular formula is C14H16ClN3O. The zero-order chi connectivity index (χ0) is 13.8. The molecule has 0 radical (unpaired) electrons. The number of benzene rings is 1. The third-order valence-electron chi connectivity index (χ3n) is 2.77. The Bertz CT molecular complexity index is 578. The number of aromatic nitrogens is 2. The number of rotatable bonds is 4. The molecule has 0 fully saturated rings. The van der Waals surface area contributed by atoms with E-state index in [-0.39, 0.29) is 11.8 Å². The van der Waals surface area contributed by atoms with E-state index in [9.17, 15) is 4.79 Å². The van der Waals surface area contributed by atoms with Crippen molar-refractivity contribution in [3.05, 3.63) is 47.1 Å². The number of nitrogens with one attached hydrogen (secondary N) is 1. The number of amides is 1. The monoisotopic (exact) mass is 277 g/mol.